The average molecular weight is 414 g/mol. The number of Topliss-reactive ketones (excluding diaryl/α,β-unsaturated/α-hetero) is 1. The van der Waals surface area contributed by atoms with E-state index in [9.17, 15) is 4.79 Å². The van der Waals surface area contributed by atoms with Crippen LogP contribution in [0.25, 0.3) is 11.3 Å². The Morgan fingerprint density at radius 1 is 1.03 bits per heavy atom. The van der Waals surface area contributed by atoms with Crippen molar-refractivity contribution in [1.29, 1.82) is 0 Å². The van der Waals surface area contributed by atoms with Crippen LogP contribution in [-0.2, 0) is 4.79 Å². The second-order valence-corrected chi connectivity index (χ2v) is 9.39. The van der Waals surface area contributed by atoms with Gasteiger partial charge in [-0.25, -0.2) is 0 Å². The molecule has 2 N–H and O–H groups in total. The maximum absolute atomic E-state index is 13.4. The fourth-order valence-electron chi connectivity index (χ4n) is 4.87. The fraction of sp³-hybridized carbons (Fsp3) is 0.308. The molecule has 0 unspecified atom stereocenters. The number of benzene rings is 2. The number of allylic oxidation sites excluding steroid dienone is 2. The molecule has 31 heavy (non-hydrogen) atoms. The summed E-state index contributed by atoms with van der Waals surface area (Å²) in [7, 11) is 1.66. The minimum Gasteiger partial charge on any atom is -0.497 e. The van der Waals surface area contributed by atoms with Gasteiger partial charge >= 0.3 is 0 Å². The van der Waals surface area contributed by atoms with Gasteiger partial charge in [-0.3, -0.25) is 9.89 Å². The highest BCUT2D eigenvalue weighted by Gasteiger charge is 2.42. The molecule has 5 rings (SSSR count). The van der Waals surface area contributed by atoms with E-state index in [2.05, 4.69) is 60.6 Å². The Hall–Kier alpha value is -3.34. The average Bonchev–Trinajstić information content (AvgIpc) is 3.15. The Kier molecular flexibility index (Phi) is 4.50. The summed E-state index contributed by atoms with van der Waals surface area (Å²) in [5.74, 6) is 1.68. The van der Waals surface area contributed by atoms with E-state index < -0.39 is 0 Å². The molecule has 1 aliphatic heterocycles. The van der Waals surface area contributed by atoms with Crippen molar-refractivity contribution < 1.29 is 9.53 Å². The van der Waals surface area contributed by atoms with Gasteiger partial charge in [0.15, 0.2) is 11.6 Å². The van der Waals surface area contributed by atoms with E-state index in [1.54, 1.807) is 7.11 Å². The van der Waals surface area contributed by atoms with Gasteiger partial charge in [-0.2, -0.15) is 5.10 Å². The molecule has 0 bridgehead atoms. The van der Waals surface area contributed by atoms with E-state index in [-0.39, 0.29) is 17.1 Å². The molecule has 0 amide bonds. The van der Waals surface area contributed by atoms with Crippen molar-refractivity contribution in [2.75, 3.05) is 12.4 Å². The molecule has 158 valence electrons. The molecule has 2 aromatic carbocycles. The third kappa shape index (κ3) is 3.34. The molecule has 2 aliphatic rings. The van der Waals surface area contributed by atoms with Crippen LogP contribution in [0.3, 0.4) is 0 Å². The summed E-state index contributed by atoms with van der Waals surface area (Å²) in [5, 5.41) is 11.4. The second kappa shape index (κ2) is 7.12. The number of hydrogen-bond donors (Lipinski definition) is 2. The van der Waals surface area contributed by atoms with Crippen LogP contribution in [0.1, 0.15) is 49.3 Å². The highest BCUT2D eigenvalue weighted by Crippen LogP contribution is 2.50. The number of anilines is 1. The van der Waals surface area contributed by atoms with Crippen LogP contribution in [0.2, 0.25) is 0 Å². The number of methoxy groups -OCH3 is 1. The molecule has 5 heteroatoms. The van der Waals surface area contributed by atoms with Crippen LogP contribution in [0, 0.1) is 12.3 Å². The lowest BCUT2D eigenvalue weighted by molar-refractivity contribution is -0.118. The summed E-state index contributed by atoms with van der Waals surface area (Å²) in [4.78, 5) is 13.4. The highest BCUT2D eigenvalue weighted by atomic mass is 16.5. The topological polar surface area (TPSA) is 67.0 Å². The molecule has 1 aliphatic carbocycles. The van der Waals surface area contributed by atoms with E-state index >= 15 is 0 Å². The lowest BCUT2D eigenvalue weighted by Gasteiger charge is -2.38. The summed E-state index contributed by atoms with van der Waals surface area (Å²) in [6.45, 7) is 6.39. The van der Waals surface area contributed by atoms with Gasteiger partial charge in [0.05, 0.1) is 12.8 Å². The summed E-state index contributed by atoms with van der Waals surface area (Å²) < 4.78 is 5.31. The number of hydrogen-bond acceptors (Lipinski definition) is 4. The molecule has 2 heterocycles. The molecule has 0 fully saturated rings. The summed E-state index contributed by atoms with van der Waals surface area (Å²) in [6.07, 6.45) is 1.39. The van der Waals surface area contributed by atoms with E-state index in [0.717, 1.165) is 51.6 Å². The Balaban J connectivity index is 1.70. The number of ketones is 1. The SMILES string of the molecule is COc1ccc(-c2[nH]nc3c2[C@H](c2ccc(C)cc2)C2=C(CC(C)(C)CC2=O)N3)cc1. The first kappa shape index (κ1) is 19.6. The number of nitrogens with zero attached hydrogens (tertiary/aromatic N) is 1. The maximum atomic E-state index is 13.4. The molecule has 0 radical (unpaired) electrons. The predicted octanol–water partition coefficient (Wildman–Crippen LogP) is 5.59. The number of H-pyrrole nitrogens is 1. The Morgan fingerprint density at radius 2 is 1.74 bits per heavy atom. The fourth-order valence-corrected chi connectivity index (χ4v) is 4.87. The highest BCUT2D eigenvalue weighted by molar-refractivity contribution is 6.02. The molecule has 1 atom stereocenters. The van der Waals surface area contributed by atoms with E-state index in [1.807, 2.05) is 24.3 Å². The van der Waals surface area contributed by atoms with Crippen LogP contribution >= 0.6 is 0 Å². The van der Waals surface area contributed by atoms with Crippen LogP contribution in [0.5, 0.6) is 5.75 Å². The van der Waals surface area contributed by atoms with Gasteiger partial charge in [-0.05, 0) is 48.6 Å². The summed E-state index contributed by atoms with van der Waals surface area (Å²) in [5.41, 5.74) is 7.12. The molecular weight excluding hydrogens is 386 g/mol. The number of aromatic amines is 1. The second-order valence-electron chi connectivity index (χ2n) is 9.39. The van der Waals surface area contributed by atoms with Crippen LogP contribution in [-0.4, -0.2) is 23.1 Å². The number of aromatic nitrogens is 2. The number of rotatable bonds is 3. The molecular formula is C26H27N3O2. The van der Waals surface area contributed by atoms with Crippen molar-refractivity contribution in [1.82, 2.24) is 10.2 Å². The van der Waals surface area contributed by atoms with E-state index in [0.29, 0.717) is 6.42 Å². The third-order valence-corrected chi connectivity index (χ3v) is 6.36. The number of carbonyl (C=O) groups is 1. The molecule has 0 saturated carbocycles. The van der Waals surface area contributed by atoms with Crippen LogP contribution in [0.15, 0.2) is 59.8 Å². The van der Waals surface area contributed by atoms with Gasteiger partial charge in [0.2, 0.25) is 0 Å². The van der Waals surface area contributed by atoms with Gasteiger partial charge < -0.3 is 10.1 Å². The monoisotopic (exact) mass is 413 g/mol. The van der Waals surface area contributed by atoms with Crippen LogP contribution < -0.4 is 10.1 Å². The zero-order valence-electron chi connectivity index (χ0n) is 18.4. The van der Waals surface area contributed by atoms with Gasteiger partial charge in [-0.1, -0.05) is 43.7 Å². The molecule has 3 aromatic rings. The van der Waals surface area contributed by atoms with Gasteiger partial charge in [-0.15, -0.1) is 0 Å². The van der Waals surface area contributed by atoms with Crippen molar-refractivity contribution in [3.63, 3.8) is 0 Å². The maximum Gasteiger partial charge on any atom is 0.162 e. The quantitative estimate of drug-likeness (QED) is 0.587. The Bertz CT molecular complexity index is 1180. The first-order chi connectivity index (χ1) is 14.9. The number of fused-ring (bicyclic) bond motifs is 1. The number of ether oxygens (including phenoxy) is 1. The van der Waals surface area contributed by atoms with Crippen LogP contribution in [0.4, 0.5) is 5.82 Å². The number of aryl methyl sites for hydroxylation is 1. The third-order valence-electron chi connectivity index (χ3n) is 6.36. The summed E-state index contributed by atoms with van der Waals surface area (Å²) >= 11 is 0. The molecule has 0 spiro atoms. The number of nitrogens with one attached hydrogen (secondary N) is 2. The largest absolute Gasteiger partial charge is 0.497 e. The summed E-state index contributed by atoms with van der Waals surface area (Å²) in [6, 6.07) is 16.4. The Labute approximate surface area is 182 Å². The van der Waals surface area contributed by atoms with Gasteiger partial charge in [0.25, 0.3) is 0 Å². The van der Waals surface area contributed by atoms with E-state index in [4.69, 9.17) is 4.74 Å². The molecule has 1 aromatic heterocycles. The predicted molar refractivity (Wildman–Crippen MR) is 122 cm³/mol. The van der Waals surface area contributed by atoms with Gasteiger partial charge in [0.1, 0.15) is 5.75 Å². The van der Waals surface area contributed by atoms with Crippen molar-refractivity contribution in [2.45, 2.75) is 39.5 Å². The Morgan fingerprint density at radius 3 is 2.42 bits per heavy atom. The van der Waals surface area contributed by atoms with Crippen molar-refractivity contribution in [2.24, 2.45) is 5.41 Å². The normalized spacial score (nSPS) is 19.5. The minimum atomic E-state index is -0.147. The standard InChI is InChI=1S/C26H27N3O2/c1-15-5-7-16(8-6-15)21-22-19(13-26(2,3)14-20(22)30)27-25-23(21)24(28-29-25)17-9-11-18(31-4)12-10-17/h5-12,21H,13-14H2,1-4H3,(H2,27,28,29)/t21-/m1/s1. The van der Waals surface area contributed by atoms with Crippen molar-refractivity contribution >= 4 is 11.6 Å². The zero-order chi connectivity index (χ0) is 21.8. The zero-order valence-corrected chi connectivity index (χ0v) is 18.4. The molecule has 5 nitrogen and oxygen atoms in total. The van der Waals surface area contributed by atoms with Crippen molar-refractivity contribution in [3.05, 3.63) is 76.5 Å². The van der Waals surface area contributed by atoms with E-state index in [1.165, 1.54) is 5.56 Å². The first-order valence-corrected chi connectivity index (χ1v) is 10.7. The lowest BCUT2D eigenvalue weighted by Crippen LogP contribution is -2.33. The molecule has 0 saturated heterocycles. The smallest absolute Gasteiger partial charge is 0.162 e. The van der Waals surface area contributed by atoms with Gasteiger partial charge in [0, 0.05) is 34.7 Å². The van der Waals surface area contributed by atoms with Crippen molar-refractivity contribution in [3.8, 4) is 17.0 Å². The number of carbonyl (C=O) groups excluding carboxylic acids is 1. The minimum absolute atomic E-state index is 0.0621. The first-order valence-electron chi connectivity index (χ1n) is 10.7. The lowest BCUT2D eigenvalue weighted by atomic mass is 9.69.